The van der Waals surface area contributed by atoms with Crippen molar-refractivity contribution >= 4 is 15.7 Å². The van der Waals surface area contributed by atoms with Crippen LogP contribution in [0.3, 0.4) is 0 Å². The minimum absolute atomic E-state index is 0.00472. The molecule has 1 fully saturated rings. The SMILES string of the molecule is O=C1CCS(=O)(=O)CC(c2ccccc2O)N1. The van der Waals surface area contributed by atoms with Crippen LogP contribution in [0.4, 0.5) is 0 Å². The highest BCUT2D eigenvalue weighted by molar-refractivity contribution is 7.91. The fraction of sp³-hybridized carbons (Fsp3) is 0.364. The maximum Gasteiger partial charge on any atom is 0.221 e. The fourth-order valence-corrected chi connectivity index (χ4v) is 3.28. The summed E-state index contributed by atoms with van der Waals surface area (Å²) in [5.74, 6) is -0.617. The quantitative estimate of drug-likeness (QED) is 0.759. The van der Waals surface area contributed by atoms with E-state index in [9.17, 15) is 18.3 Å². The third kappa shape index (κ3) is 2.76. The van der Waals surface area contributed by atoms with Gasteiger partial charge in [0.05, 0.1) is 17.5 Å². The van der Waals surface area contributed by atoms with Crippen molar-refractivity contribution in [2.45, 2.75) is 12.5 Å². The van der Waals surface area contributed by atoms with E-state index in [0.717, 1.165) is 0 Å². The van der Waals surface area contributed by atoms with Crippen molar-refractivity contribution in [1.82, 2.24) is 5.32 Å². The zero-order chi connectivity index (χ0) is 12.5. The number of phenols is 1. The molecule has 6 heteroatoms. The van der Waals surface area contributed by atoms with E-state index in [1.165, 1.54) is 6.07 Å². The lowest BCUT2D eigenvalue weighted by Crippen LogP contribution is -2.29. The van der Waals surface area contributed by atoms with Crippen LogP contribution in [0, 0.1) is 0 Å². The normalized spacial score (nSPS) is 23.8. The van der Waals surface area contributed by atoms with E-state index in [4.69, 9.17) is 0 Å². The molecule has 5 nitrogen and oxygen atoms in total. The molecule has 92 valence electrons. The molecule has 1 aliphatic heterocycles. The predicted octanol–water partition coefficient (Wildman–Crippen LogP) is 0.368. The molecular weight excluding hydrogens is 242 g/mol. The lowest BCUT2D eigenvalue weighted by Gasteiger charge is -2.16. The van der Waals surface area contributed by atoms with Gasteiger partial charge in [-0.3, -0.25) is 4.79 Å². The molecule has 17 heavy (non-hydrogen) atoms. The van der Waals surface area contributed by atoms with Crippen molar-refractivity contribution in [1.29, 1.82) is 0 Å². The van der Waals surface area contributed by atoms with Gasteiger partial charge in [0.15, 0.2) is 9.84 Å². The van der Waals surface area contributed by atoms with Gasteiger partial charge < -0.3 is 10.4 Å². The molecule has 0 aliphatic carbocycles. The fourth-order valence-electron chi connectivity index (χ4n) is 1.84. The van der Waals surface area contributed by atoms with Gasteiger partial charge >= 0.3 is 0 Å². The van der Waals surface area contributed by atoms with Crippen LogP contribution in [0.1, 0.15) is 18.0 Å². The minimum Gasteiger partial charge on any atom is -0.508 e. The number of benzene rings is 1. The molecule has 1 aromatic rings. The molecule has 0 radical (unpaired) electrons. The number of amides is 1. The smallest absolute Gasteiger partial charge is 0.221 e. The summed E-state index contributed by atoms with van der Waals surface area (Å²) in [5, 5.41) is 12.3. The van der Waals surface area contributed by atoms with Crippen molar-refractivity contribution in [2.24, 2.45) is 0 Å². The van der Waals surface area contributed by atoms with E-state index in [0.29, 0.717) is 5.56 Å². The molecule has 1 saturated heterocycles. The molecule has 0 spiro atoms. The Morgan fingerprint density at radius 3 is 2.71 bits per heavy atom. The zero-order valence-electron chi connectivity index (χ0n) is 9.09. The van der Waals surface area contributed by atoms with Gasteiger partial charge in [-0.1, -0.05) is 18.2 Å². The molecule has 2 N–H and O–H groups in total. The number of carbonyl (C=O) groups is 1. The van der Waals surface area contributed by atoms with Crippen molar-refractivity contribution in [3.05, 3.63) is 29.8 Å². The summed E-state index contributed by atoms with van der Waals surface area (Å²) < 4.78 is 23.3. The highest BCUT2D eigenvalue weighted by Crippen LogP contribution is 2.26. The number of rotatable bonds is 1. The third-order valence-corrected chi connectivity index (χ3v) is 4.38. The topological polar surface area (TPSA) is 83.5 Å². The molecule has 2 rings (SSSR count). The van der Waals surface area contributed by atoms with Crippen molar-refractivity contribution in [3.63, 3.8) is 0 Å². The molecule has 1 atom stereocenters. The van der Waals surface area contributed by atoms with Crippen molar-refractivity contribution in [3.8, 4) is 5.75 Å². The lowest BCUT2D eigenvalue weighted by molar-refractivity contribution is -0.121. The summed E-state index contributed by atoms with van der Waals surface area (Å²) in [5.41, 5.74) is 0.436. The highest BCUT2D eigenvalue weighted by atomic mass is 32.2. The Kier molecular flexibility index (Phi) is 3.06. The summed E-state index contributed by atoms with van der Waals surface area (Å²) in [6, 6.07) is 5.75. The van der Waals surface area contributed by atoms with E-state index in [1.807, 2.05) is 0 Å². The van der Waals surface area contributed by atoms with Gasteiger partial charge in [-0.05, 0) is 6.07 Å². The number of para-hydroxylation sites is 1. The van der Waals surface area contributed by atoms with E-state index in [1.54, 1.807) is 18.2 Å². The number of carbonyl (C=O) groups excluding carboxylic acids is 1. The monoisotopic (exact) mass is 255 g/mol. The van der Waals surface area contributed by atoms with Crippen LogP contribution in [0.25, 0.3) is 0 Å². The van der Waals surface area contributed by atoms with Gasteiger partial charge in [-0.25, -0.2) is 8.42 Å². The first kappa shape index (κ1) is 11.9. The van der Waals surface area contributed by atoms with Crippen LogP contribution in [0.2, 0.25) is 0 Å². The summed E-state index contributed by atoms with van der Waals surface area (Å²) in [6.07, 6.45) is -0.0214. The summed E-state index contributed by atoms with van der Waals surface area (Å²) >= 11 is 0. The average molecular weight is 255 g/mol. The lowest BCUT2D eigenvalue weighted by atomic mass is 10.1. The van der Waals surface area contributed by atoms with Gasteiger partial charge in [-0.15, -0.1) is 0 Å². The molecule has 1 heterocycles. The van der Waals surface area contributed by atoms with E-state index < -0.39 is 15.9 Å². The van der Waals surface area contributed by atoms with Crippen LogP contribution in [-0.4, -0.2) is 30.9 Å². The molecule has 1 aliphatic rings. The first-order valence-corrected chi connectivity index (χ1v) is 7.08. The molecule has 0 saturated carbocycles. The van der Waals surface area contributed by atoms with Crippen LogP contribution >= 0.6 is 0 Å². The molecule has 1 unspecified atom stereocenters. The minimum atomic E-state index is -3.26. The third-order valence-electron chi connectivity index (χ3n) is 2.71. The number of nitrogens with one attached hydrogen (secondary N) is 1. The number of aromatic hydroxyl groups is 1. The standard InChI is InChI=1S/C11H13NO4S/c13-10-4-2-1-3-8(10)9-7-17(15,16)6-5-11(14)12-9/h1-4,9,13H,5-7H2,(H,12,14). The number of hydrogen-bond donors (Lipinski definition) is 2. The maximum absolute atomic E-state index is 11.6. The highest BCUT2D eigenvalue weighted by Gasteiger charge is 2.28. The van der Waals surface area contributed by atoms with Gasteiger partial charge in [0.1, 0.15) is 5.75 Å². The Balaban J connectivity index is 2.37. The van der Waals surface area contributed by atoms with E-state index >= 15 is 0 Å². The largest absolute Gasteiger partial charge is 0.508 e. The Morgan fingerprint density at radius 1 is 1.29 bits per heavy atom. The second-order valence-corrected chi connectivity index (χ2v) is 6.27. The van der Waals surface area contributed by atoms with E-state index in [2.05, 4.69) is 5.32 Å². The van der Waals surface area contributed by atoms with Crippen LogP contribution in [0.15, 0.2) is 24.3 Å². The predicted molar refractivity (Wildman–Crippen MR) is 62.3 cm³/mol. The van der Waals surface area contributed by atoms with Gasteiger partial charge in [-0.2, -0.15) is 0 Å². The molecular formula is C11H13NO4S. The Morgan fingerprint density at radius 2 is 2.00 bits per heavy atom. The van der Waals surface area contributed by atoms with E-state index in [-0.39, 0.29) is 29.6 Å². The van der Waals surface area contributed by atoms with Crippen LogP contribution < -0.4 is 5.32 Å². The second-order valence-electron chi connectivity index (χ2n) is 4.04. The molecule has 0 aromatic heterocycles. The molecule has 1 amide bonds. The first-order chi connectivity index (χ1) is 7.98. The Bertz CT molecular complexity index is 538. The molecule has 0 bridgehead atoms. The zero-order valence-corrected chi connectivity index (χ0v) is 9.90. The summed E-state index contributed by atoms with van der Waals surface area (Å²) in [6.45, 7) is 0. The van der Waals surface area contributed by atoms with Crippen LogP contribution in [0.5, 0.6) is 5.75 Å². The van der Waals surface area contributed by atoms with Crippen molar-refractivity contribution < 1.29 is 18.3 Å². The van der Waals surface area contributed by atoms with Crippen LogP contribution in [-0.2, 0) is 14.6 Å². The Labute approximate surface area is 99.4 Å². The summed E-state index contributed by atoms with van der Waals surface area (Å²) in [4.78, 5) is 11.4. The number of sulfone groups is 1. The summed E-state index contributed by atoms with van der Waals surface area (Å²) in [7, 11) is -3.26. The first-order valence-electron chi connectivity index (χ1n) is 5.25. The number of phenolic OH excluding ortho intramolecular Hbond substituents is 1. The van der Waals surface area contributed by atoms with Gasteiger partial charge in [0.25, 0.3) is 0 Å². The number of hydrogen-bond acceptors (Lipinski definition) is 4. The van der Waals surface area contributed by atoms with Crippen molar-refractivity contribution in [2.75, 3.05) is 11.5 Å². The molecule has 1 aromatic carbocycles. The maximum atomic E-state index is 11.6. The van der Waals surface area contributed by atoms with Gasteiger partial charge in [0, 0.05) is 12.0 Å². The average Bonchev–Trinajstić information content (AvgIpc) is 2.38. The second kappa shape index (κ2) is 4.37. The Hall–Kier alpha value is -1.56. The van der Waals surface area contributed by atoms with Gasteiger partial charge in [0.2, 0.25) is 5.91 Å².